The number of nitrogens with zero attached hydrogens (tertiary/aromatic N) is 2. The fourth-order valence-electron chi connectivity index (χ4n) is 2.54. The first-order valence-electron chi connectivity index (χ1n) is 7.59. The van der Waals surface area contributed by atoms with Crippen molar-refractivity contribution in [1.29, 1.82) is 0 Å². The largest absolute Gasteiger partial charge is 0.341 e. The fourth-order valence-corrected chi connectivity index (χ4v) is 2.66. The number of hydrogen-bond acceptors (Lipinski definition) is 3. The van der Waals surface area contributed by atoms with Gasteiger partial charge in [-0.25, -0.2) is 0 Å². The number of carbonyl (C=O) groups is 2. The lowest BCUT2D eigenvalue weighted by Gasteiger charge is -2.22. The molecule has 1 aliphatic heterocycles. The van der Waals surface area contributed by atoms with Gasteiger partial charge >= 0.3 is 0 Å². The minimum Gasteiger partial charge on any atom is -0.341 e. The van der Waals surface area contributed by atoms with E-state index >= 15 is 0 Å². The van der Waals surface area contributed by atoms with Crippen LogP contribution in [0, 0.1) is 0 Å². The number of hydrogen-bond donors (Lipinski definition) is 1. The van der Waals surface area contributed by atoms with Crippen molar-refractivity contribution < 1.29 is 9.59 Å². The van der Waals surface area contributed by atoms with Crippen molar-refractivity contribution in [2.45, 2.75) is 12.8 Å². The zero-order valence-electron chi connectivity index (χ0n) is 12.8. The van der Waals surface area contributed by atoms with Crippen molar-refractivity contribution in [3.8, 4) is 0 Å². The van der Waals surface area contributed by atoms with Gasteiger partial charge in [-0.3, -0.25) is 9.59 Å². The molecule has 1 saturated heterocycles. The van der Waals surface area contributed by atoms with E-state index in [0.717, 1.165) is 6.42 Å². The lowest BCUT2D eigenvalue weighted by atomic mass is 10.2. The van der Waals surface area contributed by atoms with Gasteiger partial charge in [0.15, 0.2) is 0 Å². The quantitative estimate of drug-likeness (QED) is 0.916. The van der Waals surface area contributed by atoms with Crippen LogP contribution in [0.2, 0.25) is 5.02 Å². The molecular weight excluding hydrogens is 302 g/mol. The molecule has 0 spiro atoms. The third kappa shape index (κ3) is 4.45. The summed E-state index contributed by atoms with van der Waals surface area (Å²) in [5.41, 5.74) is 0.638. The first kappa shape index (κ1) is 16.8. The van der Waals surface area contributed by atoms with Crippen molar-refractivity contribution in [3.05, 3.63) is 34.9 Å². The van der Waals surface area contributed by atoms with Crippen molar-refractivity contribution in [2.75, 3.05) is 39.8 Å². The maximum Gasteiger partial charge on any atom is 0.253 e. The van der Waals surface area contributed by atoms with Crippen LogP contribution in [0.25, 0.3) is 0 Å². The Balaban J connectivity index is 1.93. The molecule has 5 nitrogen and oxygen atoms in total. The zero-order valence-corrected chi connectivity index (χ0v) is 13.6. The first-order valence-corrected chi connectivity index (χ1v) is 7.97. The monoisotopic (exact) mass is 323 g/mol. The van der Waals surface area contributed by atoms with E-state index in [9.17, 15) is 9.59 Å². The van der Waals surface area contributed by atoms with Crippen LogP contribution < -0.4 is 5.32 Å². The van der Waals surface area contributed by atoms with Crippen molar-refractivity contribution in [2.24, 2.45) is 0 Å². The molecule has 0 saturated carbocycles. The highest BCUT2D eigenvalue weighted by Crippen LogP contribution is 2.13. The second kappa shape index (κ2) is 8.15. The molecule has 2 rings (SSSR count). The molecule has 120 valence electrons. The van der Waals surface area contributed by atoms with Crippen LogP contribution in [0.15, 0.2) is 24.3 Å². The molecule has 0 bridgehead atoms. The summed E-state index contributed by atoms with van der Waals surface area (Å²) in [5, 5.41) is 3.60. The van der Waals surface area contributed by atoms with Gasteiger partial charge in [0.25, 0.3) is 5.91 Å². The summed E-state index contributed by atoms with van der Waals surface area (Å²) in [6.45, 7) is 3.25. The van der Waals surface area contributed by atoms with Crippen LogP contribution in [-0.2, 0) is 4.79 Å². The summed E-state index contributed by atoms with van der Waals surface area (Å²) in [4.78, 5) is 28.2. The third-order valence-corrected chi connectivity index (χ3v) is 4.07. The van der Waals surface area contributed by atoms with Crippen molar-refractivity contribution >= 4 is 23.4 Å². The molecule has 0 aliphatic carbocycles. The first-order chi connectivity index (χ1) is 10.6. The number of carbonyl (C=O) groups excluding carboxylic acids is 2. The highest BCUT2D eigenvalue weighted by Gasteiger charge is 2.22. The lowest BCUT2D eigenvalue weighted by Crippen LogP contribution is -2.38. The van der Waals surface area contributed by atoms with E-state index in [4.69, 9.17) is 11.6 Å². The maximum atomic E-state index is 12.5. The molecule has 1 heterocycles. The molecule has 1 aromatic carbocycles. The second-order valence-electron chi connectivity index (χ2n) is 5.39. The zero-order chi connectivity index (χ0) is 15.9. The number of nitrogens with one attached hydrogen (secondary N) is 1. The molecule has 1 aliphatic rings. The standard InChI is InChI=1S/C16H22ClN3O2/c1-18-8-7-15(21)19-9-2-10-20(12-11-19)16(22)13-3-5-14(17)6-4-13/h3-6,18H,2,7-12H2,1H3. The number of amides is 2. The average molecular weight is 324 g/mol. The summed E-state index contributed by atoms with van der Waals surface area (Å²) in [5.74, 6) is 0.149. The molecule has 0 radical (unpaired) electrons. The predicted octanol–water partition coefficient (Wildman–Crippen LogP) is 1.62. The molecule has 0 atom stereocenters. The highest BCUT2D eigenvalue weighted by molar-refractivity contribution is 6.30. The van der Waals surface area contributed by atoms with Crippen LogP contribution in [-0.4, -0.2) is 61.4 Å². The Labute approximate surface area is 136 Å². The van der Waals surface area contributed by atoms with E-state index in [0.29, 0.717) is 49.7 Å². The van der Waals surface area contributed by atoms with Gasteiger partial charge in [0.1, 0.15) is 0 Å². The Bertz CT molecular complexity index is 519. The Morgan fingerprint density at radius 2 is 1.73 bits per heavy atom. The predicted molar refractivity (Wildman–Crippen MR) is 87.1 cm³/mol. The number of halogens is 1. The molecule has 0 unspecified atom stereocenters. The van der Waals surface area contributed by atoms with Crippen LogP contribution in [0.5, 0.6) is 0 Å². The summed E-state index contributed by atoms with van der Waals surface area (Å²) in [6.07, 6.45) is 1.31. The Morgan fingerprint density at radius 1 is 1.09 bits per heavy atom. The normalized spacial score (nSPS) is 15.5. The van der Waals surface area contributed by atoms with E-state index < -0.39 is 0 Å². The van der Waals surface area contributed by atoms with Gasteiger partial charge in [-0.15, -0.1) is 0 Å². The highest BCUT2D eigenvalue weighted by atomic mass is 35.5. The van der Waals surface area contributed by atoms with E-state index in [1.807, 2.05) is 16.8 Å². The van der Waals surface area contributed by atoms with Gasteiger partial charge in [-0.05, 0) is 37.7 Å². The number of benzene rings is 1. The Kier molecular flexibility index (Phi) is 6.21. The van der Waals surface area contributed by atoms with Gasteiger partial charge in [0.2, 0.25) is 5.91 Å². The molecule has 1 aromatic rings. The fraction of sp³-hybridized carbons (Fsp3) is 0.500. The van der Waals surface area contributed by atoms with E-state index in [1.165, 1.54) is 0 Å². The molecule has 1 N–H and O–H groups in total. The van der Waals surface area contributed by atoms with E-state index in [2.05, 4.69) is 5.32 Å². The summed E-state index contributed by atoms with van der Waals surface area (Å²) in [6, 6.07) is 6.93. The third-order valence-electron chi connectivity index (χ3n) is 3.82. The Morgan fingerprint density at radius 3 is 2.41 bits per heavy atom. The topological polar surface area (TPSA) is 52.7 Å². The van der Waals surface area contributed by atoms with Gasteiger partial charge in [-0.2, -0.15) is 0 Å². The van der Waals surface area contributed by atoms with E-state index in [-0.39, 0.29) is 11.8 Å². The van der Waals surface area contributed by atoms with Gasteiger partial charge in [0.05, 0.1) is 0 Å². The SMILES string of the molecule is CNCCC(=O)N1CCCN(C(=O)c2ccc(Cl)cc2)CC1. The Hall–Kier alpha value is -1.59. The smallest absolute Gasteiger partial charge is 0.253 e. The molecule has 22 heavy (non-hydrogen) atoms. The van der Waals surface area contributed by atoms with Crippen LogP contribution in [0.3, 0.4) is 0 Å². The van der Waals surface area contributed by atoms with Crippen LogP contribution in [0.1, 0.15) is 23.2 Å². The minimum absolute atomic E-state index is 0.00110. The number of rotatable bonds is 4. The van der Waals surface area contributed by atoms with Crippen LogP contribution >= 0.6 is 11.6 Å². The maximum absolute atomic E-state index is 12.5. The summed E-state index contributed by atoms with van der Waals surface area (Å²) < 4.78 is 0. The van der Waals surface area contributed by atoms with Crippen LogP contribution in [0.4, 0.5) is 0 Å². The molecule has 1 fully saturated rings. The van der Waals surface area contributed by atoms with Crippen molar-refractivity contribution in [3.63, 3.8) is 0 Å². The van der Waals surface area contributed by atoms with Gasteiger partial charge < -0.3 is 15.1 Å². The minimum atomic E-state index is 0.00110. The molecular formula is C16H22ClN3O2. The van der Waals surface area contributed by atoms with Gasteiger partial charge in [0, 0.05) is 49.7 Å². The molecule has 6 heteroatoms. The average Bonchev–Trinajstić information content (AvgIpc) is 2.78. The molecule has 2 amide bonds. The van der Waals surface area contributed by atoms with Crippen molar-refractivity contribution in [1.82, 2.24) is 15.1 Å². The molecule has 0 aromatic heterocycles. The summed E-state index contributed by atoms with van der Waals surface area (Å²) in [7, 11) is 1.84. The lowest BCUT2D eigenvalue weighted by molar-refractivity contribution is -0.130. The summed E-state index contributed by atoms with van der Waals surface area (Å²) >= 11 is 5.85. The van der Waals surface area contributed by atoms with E-state index in [1.54, 1.807) is 24.3 Å². The van der Waals surface area contributed by atoms with Gasteiger partial charge in [-0.1, -0.05) is 11.6 Å². The second-order valence-corrected chi connectivity index (χ2v) is 5.82.